The highest BCUT2D eigenvalue weighted by Gasteiger charge is 2.42. The minimum Gasteiger partial charge on any atom is -0.503 e. The van der Waals surface area contributed by atoms with Crippen molar-refractivity contribution in [2.45, 2.75) is 19.4 Å². The van der Waals surface area contributed by atoms with E-state index in [1.165, 1.54) is 26.0 Å². The van der Waals surface area contributed by atoms with Gasteiger partial charge in [0.15, 0.2) is 23.0 Å². The van der Waals surface area contributed by atoms with Gasteiger partial charge in [-0.2, -0.15) is 0 Å². The van der Waals surface area contributed by atoms with E-state index in [0.717, 1.165) is 5.56 Å². The van der Waals surface area contributed by atoms with Crippen molar-refractivity contribution >= 4 is 11.7 Å². The predicted molar refractivity (Wildman–Crippen MR) is 104 cm³/mol. The van der Waals surface area contributed by atoms with Gasteiger partial charge in [0.05, 0.1) is 25.8 Å². The fraction of sp³-hybridized carbons (Fsp3) is 0.273. The minimum absolute atomic E-state index is 0.102. The number of aliphatic hydroxyl groups is 1. The van der Waals surface area contributed by atoms with Gasteiger partial charge < -0.3 is 19.5 Å². The van der Waals surface area contributed by atoms with Gasteiger partial charge in [-0.25, -0.2) is 0 Å². The van der Waals surface area contributed by atoms with E-state index in [2.05, 4.69) is 0 Å². The third-order valence-electron chi connectivity index (χ3n) is 4.89. The van der Waals surface area contributed by atoms with Crippen LogP contribution in [0.2, 0.25) is 0 Å². The molecular formula is C22H23NO5. The zero-order chi connectivity index (χ0) is 20.3. The molecule has 1 aliphatic rings. The van der Waals surface area contributed by atoms with E-state index < -0.39 is 17.7 Å². The topological polar surface area (TPSA) is 76.1 Å². The van der Waals surface area contributed by atoms with Gasteiger partial charge in [0.2, 0.25) is 0 Å². The van der Waals surface area contributed by atoms with Gasteiger partial charge in [-0.15, -0.1) is 0 Å². The van der Waals surface area contributed by atoms with E-state index in [0.29, 0.717) is 30.0 Å². The van der Waals surface area contributed by atoms with Crippen molar-refractivity contribution in [2.24, 2.45) is 0 Å². The van der Waals surface area contributed by atoms with Gasteiger partial charge >= 0.3 is 0 Å². The van der Waals surface area contributed by atoms with Crippen LogP contribution in [0, 0.1) is 0 Å². The lowest BCUT2D eigenvalue weighted by atomic mass is 9.96. The van der Waals surface area contributed by atoms with Crippen LogP contribution in [-0.2, 0) is 16.0 Å². The average molecular weight is 381 g/mol. The Bertz CT molecular complexity index is 920. The van der Waals surface area contributed by atoms with Crippen molar-refractivity contribution in [2.75, 3.05) is 20.8 Å². The van der Waals surface area contributed by atoms with Crippen LogP contribution in [0.3, 0.4) is 0 Å². The highest BCUT2D eigenvalue weighted by Crippen LogP contribution is 2.40. The number of hydrogen-bond donors (Lipinski definition) is 1. The molecule has 1 atom stereocenters. The zero-order valence-electron chi connectivity index (χ0n) is 16.1. The normalized spacial score (nSPS) is 16.5. The molecule has 2 aromatic carbocycles. The summed E-state index contributed by atoms with van der Waals surface area (Å²) in [6, 6.07) is 14.3. The minimum atomic E-state index is -0.673. The number of nitrogens with zero attached hydrogens (tertiary/aromatic N) is 1. The zero-order valence-corrected chi connectivity index (χ0v) is 16.1. The molecule has 1 amide bonds. The van der Waals surface area contributed by atoms with Crippen LogP contribution in [0.5, 0.6) is 11.5 Å². The molecular weight excluding hydrogens is 358 g/mol. The summed E-state index contributed by atoms with van der Waals surface area (Å²) in [5.41, 5.74) is 1.84. The van der Waals surface area contributed by atoms with Crippen LogP contribution in [0.4, 0.5) is 0 Å². The van der Waals surface area contributed by atoms with Gasteiger partial charge in [-0.3, -0.25) is 9.59 Å². The van der Waals surface area contributed by atoms with Crippen molar-refractivity contribution in [1.29, 1.82) is 0 Å². The number of methoxy groups -OCH3 is 2. The number of ketones is 1. The number of benzene rings is 2. The van der Waals surface area contributed by atoms with Gasteiger partial charge in [-0.05, 0) is 36.6 Å². The summed E-state index contributed by atoms with van der Waals surface area (Å²) in [5.74, 6) is -0.331. The molecule has 1 heterocycles. The molecule has 2 aromatic rings. The summed E-state index contributed by atoms with van der Waals surface area (Å²) in [5, 5.41) is 10.4. The maximum absolute atomic E-state index is 12.7. The van der Waals surface area contributed by atoms with E-state index in [-0.39, 0.29) is 11.4 Å². The molecule has 0 radical (unpaired) electrons. The second-order valence-electron chi connectivity index (χ2n) is 6.57. The molecule has 146 valence electrons. The first-order chi connectivity index (χ1) is 13.5. The molecule has 0 aromatic heterocycles. The van der Waals surface area contributed by atoms with Crippen molar-refractivity contribution in [3.8, 4) is 11.5 Å². The Morgan fingerprint density at radius 2 is 1.75 bits per heavy atom. The highest BCUT2D eigenvalue weighted by molar-refractivity contribution is 6.08. The third-order valence-corrected chi connectivity index (χ3v) is 4.89. The number of hydrogen-bond acceptors (Lipinski definition) is 5. The van der Waals surface area contributed by atoms with E-state index in [4.69, 9.17) is 9.47 Å². The fourth-order valence-electron chi connectivity index (χ4n) is 3.51. The number of carbonyl (C=O) groups excluding carboxylic acids is 2. The Morgan fingerprint density at radius 3 is 2.36 bits per heavy atom. The quantitative estimate of drug-likeness (QED) is 0.797. The molecule has 1 unspecified atom stereocenters. The molecule has 6 nitrogen and oxygen atoms in total. The molecule has 28 heavy (non-hydrogen) atoms. The molecule has 0 spiro atoms. The SMILES string of the molecule is COc1ccc(C2C(C(C)=O)=C(O)C(=O)N2CCc2ccccc2)cc1OC. The number of aliphatic hydroxyl groups excluding tert-OH is 1. The number of ether oxygens (including phenoxy) is 2. The van der Waals surface area contributed by atoms with Crippen molar-refractivity contribution in [1.82, 2.24) is 4.90 Å². The molecule has 0 saturated heterocycles. The Kier molecular flexibility index (Phi) is 5.68. The van der Waals surface area contributed by atoms with Crippen LogP contribution in [-0.4, -0.2) is 42.5 Å². The molecule has 6 heteroatoms. The predicted octanol–water partition coefficient (Wildman–Crippen LogP) is 3.23. The van der Waals surface area contributed by atoms with Crippen molar-refractivity contribution < 1.29 is 24.2 Å². The van der Waals surface area contributed by atoms with Gasteiger partial charge in [0, 0.05) is 6.54 Å². The van der Waals surface area contributed by atoms with E-state index in [9.17, 15) is 14.7 Å². The molecule has 1 N–H and O–H groups in total. The summed E-state index contributed by atoms with van der Waals surface area (Å²) >= 11 is 0. The number of rotatable bonds is 7. The van der Waals surface area contributed by atoms with Crippen LogP contribution in [0.1, 0.15) is 24.1 Å². The first-order valence-electron chi connectivity index (χ1n) is 8.98. The summed E-state index contributed by atoms with van der Waals surface area (Å²) in [4.78, 5) is 26.5. The largest absolute Gasteiger partial charge is 0.503 e. The second kappa shape index (κ2) is 8.17. The lowest BCUT2D eigenvalue weighted by molar-refractivity contribution is -0.129. The molecule has 3 rings (SSSR count). The second-order valence-corrected chi connectivity index (χ2v) is 6.57. The van der Waals surface area contributed by atoms with Gasteiger partial charge in [0.1, 0.15) is 0 Å². The Labute approximate surface area is 164 Å². The standard InChI is InChI=1S/C22H23NO5/c1-14(24)19-20(16-9-10-17(27-2)18(13-16)28-3)23(22(26)21(19)25)12-11-15-7-5-4-6-8-15/h4-10,13,20,25H,11-12H2,1-3H3. The van der Waals surface area contributed by atoms with E-state index in [1.54, 1.807) is 18.2 Å². The molecule has 0 aliphatic carbocycles. The highest BCUT2D eigenvalue weighted by atomic mass is 16.5. The number of amides is 1. The number of Topliss-reactive ketones (excluding diaryl/α,β-unsaturated/α-hetero) is 1. The van der Waals surface area contributed by atoms with Crippen molar-refractivity contribution in [3.63, 3.8) is 0 Å². The smallest absolute Gasteiger partial charge is 0.290 e. The first-order valence-corrected chi connectivity index (χ1v) is 8.98. The maximum atomic E-state index is 12.7. The van der Waals surface area contributed by atoms with Gasteiger partial charge in [-0.1, -0.05) is 36.4 Å². The Morgan fingerprint density at radius 1 is 1.07 bits per heavy atom. The fourth-order valence-corrected chi connectivity index (χ4v) is 3.51. The Hall–Kier alpha value is -3.28. The van der Waals surface area contributed by atoms with Crippen LogP contribution < -0.4 is 9.47 Å². The van der Waals surface area contributed by atoms with Crippen LogP contribution in [0.15, 0.2) is 59.9 Å². The lowest BCUT2D eigenvalue weighted by Gasteiger charge is -2.27. The van der Waals surface area contributed by atoms with Gasteiger partial charge in [0.25, 0.3) is 5.91 Å². The maximum Gasteiger partial charge on any atom is 0.290 e. The average Bonchev–Trinajstić information content (AvgIpc) is 2.97. The van der Waals surface area contributed by atoms with Crippen LogP contribution >= 0.6 is 0 Å². The molecule has 1 aliphatic heterocycles. The van der Waals surface area contributed by atoms with E-state index in [1.807, 2.05) is 30.3 Å². The third kappa shape index (κ3) is 3.58. The monoisotopic (exact) mass is 381 g/mol. The Balaban J connectivity index is 1.99. The number of carbonyl (C=O) groups is 2. The molecule has 0 saturated carbocycles. The van der Waals surface area contributed by atoms with Crippen LogP contribution in [0.25, 0.3) is 0 Å². The van der Waals surface area contributed by atoms with E-state index >= 15 is 0 Å². The van der Waals surface area contributed by atoms with Crippen molar-refractivity contribution in [3.05, 3.63) is 71.0 Å². The molecule has 0 fully saturated rings. The molecule has 0 bridgehead atoms. The summed E-state index contributed by atoms with van der Waals surface area (Å²) < 4.78 is 10.6. The lowest BCUT2D eigenvalue weighted by Crippen LogP contribution is -2.33. The summed E-state index contributed by atoms with van der Waals surface area (Å²) in [6.07, 6.45) is 0.606. The first kappa shape index (κ1) is 19.5. The summed E-state index contributed by atoms with van der Waals surface area (Å²) in [6.45, 7) is 1.72. The summed E-state index contributed by atoms with van der Waals surface area (Å²) in [7, 11) is 3.06.